The Balaban J connectivity index is 1.64. The van der Waals surface area contributed by atoms with Crippen LogP contribution < -0.4 is 5.32 Å². The van der Waals surface area contributed by atoms with Crippen LogP contribution in [-0.2, 0) is 16.9 Å². The van der Waals surface area contributed by atoms with Crippen molar-refractivity contribution in [2.45, 2.75) is 50.2 Å². The third-order valence-corrected chi connectivity index (χ3v) is 4.65. The van der Waals surface area contributed by atoms with Gasteiger partial charge >= 0.3 is 0 Å². The van der Waals surface area contributed by atoms with Crippen LogP contribution in [0.5, 0.6) is 0 Å². The summed E-state index contributed by atoms with van der Waals surface area (Å²) in [6.45, 7) is 2.48. The number of nitrogens with zero attached hydrogens (tertiary/aromatic N) is 2. The Morgan fingerprint density at radius 1 is 1.22 bits per heavy atom. The molecule has 1 aliphatic carbocycles. The van der Waals surface area contributed by atoms with Crippen LogP contribution in [0.1, 0.15) is 55.1 Å². The maximum Gasteiger partial charge on any atom is 0.131 e. The Kier molecular flexibility index (Phi) is 2.42. The largest absolute Gasteiger partial charge is 0.361 e. The van der Waals surface area contributed by atoms with Crippen LogP contribution >= 0.6 is 0 Å². The van der Waals surface area contributed by atoms with Crippen molar-refractivity contribution in [2.75, 3.05) is 13.1 Å². The Morgan fingerprint density at radius 3 is 2.78 bits per heavy atom. The highest BCUT2D eigenvalue weighted by atomic mass is 16.5. The first-order valence-electron chi connectivity index (χ1n) is 7.08. The van der Waals surface area contributed by atoms with E-state index in [9.17, 15) is 0 Å². The van der Waals surface area contributed by atoms with E-state index in [2.05, 4.69) is 10.3 Å². The lowest BCUT2D eigenvalue weighted by Crippen LogP contribution is -2.56. The van der Waals surface area contributed by atoms with Gasteiger partial charge in [0, 0.05) is 30.8 Å². The monoisotopic (exact) mass is 245 g/mol. The molecule has 3 aliphatic rings. The van der Waals surface area contributed by atoms with Gasteiger partial charge in [0.05, 0.1) is 12.3 Å². The summed E-state index contributed by atoms with van der Waals surface area (Å²) in [5, 5.41) is 3.28. The van der Waals surface area contributed by atoms with Crippen LogP contribution in [0, 0.1) is 0 Å². The number of ether oxygens (including phenoxy) is 1. The molecule has 96 valence electrons. The van der Waals surface area contributed by atoms with E-state index in [0.29, 0.717) is 12.5 Å². The molecule has 1 aromatic heterocycles. The van der Waals surface area contributed by atoms with E-state index in [4.69, 9.17) is 9.72 Å². The lowest BCUT2D eigenvalue weighted by atomic mass is 9.87. The maximum absolute atomic E-state index is 5.92. The molecule has 0 bridgehead atoms. The van der Waals surface area contributed by atoms with E-state index in [1.54, 1.807) is 0 Å². The van der Waals surface area contributed by atoms with Crippen LogP contribution in [0.2, 0.25) is 0 Å². The maximum atomic E-state index is 5.92. The molecule has 4 nitrogen and oxygen atoms in total. The van der Waals surface area contributed by atoms with Crippen LogP contribution in [0.25, 0.3) is 0 Å². The first-order chi connectivity index (χ1) is 8.87. The van der Waals surface area contributed by atoms with E-state index in [1.807, 2.05) is 6.20 Å². The molecule has 1 N–H and O–H groups in total. The Morgan fingerprint density at radius 2 is 2.06 bits per heavy atom. The van der Waals surface area contributed by atoms with Crippen molar-refractivity contribution in [2.24, 2.45) is 0 Å². The van der Waals surface area contributed by atoms with E-state index in [1.165, 1.54) is 37.7 Å². The van der Waals surface area contributed by atoms with Crippen molar-refractivity contribution < 1.29 is 4.74 Å². The predicted octanol–water partition coefficient (Wildman–Crippen LogP) is 1.85. The normalized spacial score (nSPS) is 26.0. The van der Waals surface area contributed by atoms with Crippen LogP contribution in [0.15, 0.2) is 6.20 Å². The number of nitrogens with one attached hydrogen (secondary N) is 1. The fourth-order valence-corrected chi connectivity index (χ4v) is 3.41. The van der Waals surface area contributed by atoms with Crippen molar-refractivity contribution in [1.82, 2.24) is 15.3 Å². The van der Waals surface area contributed by atoms with Crippen LogP contribution in [0.3, 0.4) is 0 Å². The molecule has 0 amide bonds. The second-order valence-electron chi connectivity index (χ2n) is 5.81. The summed E-state index contributed by atoms with van der Waals surface area (Å²) in [7, 11) is 0. The number of aromatic nitrogens is 2. The first kappa shape index (κ1) is 10.9. The highest BCUT2D eigenvalue weighted by Gasteiger charge is 2.46. The fraction of sp³-hybridized carbons (Fsp3) is 0.714. The molecule has 1 aromatic rings. The SMILES string of the molecule is c1nc(C2CCCCC2)nc2c1C1(CNC1)OC2. The summed E-state index contributed by atoms with van der Waals surface area (Å²) >= 11 is 0. The molecule has 2 aliphatic heterocycles. The molecule has 0 aromatic carbocycles. The summed E-state index contributed by atoms with van der Waals surface area (Å²) in [5.41, 5.74) is 2.26. The van der Waals surface area contributed by atoms with Gasteiger partial charge in [0.1, 0.15) is 11.4 Å². The molecule has 4 heteroatoms. The van der Waals surface area contributed by atoms with E-state index >= 15 is 0 Å². The lowest BCUT2D eigenvalue weighted by molar-refractivity contribution is -0.0750. The smallest absolute Gasteiger partial charge is 0.131 e. The minimum absolute atomic E-state index is 0.0968. The van der Waals surface area contributed by atoms with Gasteiger partial charge in [0.2, 0.25) is 0 Å². The quantitative estimate of drug-likeness (QED) is 0.820. The Labute approximate surface area is 107 Å². The minimum atomic E-state index is -0.0968. The Hall–Kier alpha value is -1.00. The molecule has 4 rings (SSSR count). The highest BCUT2D eigenvalue weighted by molar-refractivity contribution is 5.32. The number of hydrogen-bond acceptors (Lipinski definition) is 4. The molecule has 0 atom stereocenters. The molecule has 0 unspecified atom stereocenters. The molecule has 18 heavy (non-hydrogen) atoms. The van der Waals surface area contributed by atoms with Gasteiger partial charge in [-0.2, -0.15) is 0 Å². The van der Waals surface area contributed by atoms with E-state index in [-0.39, 0.29) is 5.60 Å². The third kappa shape index (κ3) is 1.52. The van der Waals surface area contributed by atoms with Gasteiger partial charge in [-0.1, -0.05) is 19.3 Å². The zero-order valence-electron chi connectivity index (χ0n) is 10.6. The fourth-order valence-electron chi connectivity index (χ4n) is 3.41. The van der Waals surface area contributed by atoms with Crippen LogP contribution in [-0.4, -0.2) is 23.1 Å². The van der Waals surface area contributed by atoms with E-state index in [0.717, 1.165) is 24.6 Å². The molecular formula is C14H19N3O. The van der Waals surface area contributed by atoms with Crippen molar-refractivity contribution >= 4 is 0 Å². The predicted molar refractivity (Wildman–Crippen MR) is 67.2 cm³/mol. The molecular weight excluding hydrogens is 226 g/mol. The molecule has 2 fully saturated rings. The van der Waals surface area contributed by atoms with Gasteiger partial charge in [-0.15, -0.1) is 0 Å². The summed E-state index contributed by atoms with van der Waals surface area (Å²) in [4.78, 5) is 9.42. The molecule has 3 heterocycles. The highest BCUT2D eigenvalue weighted by Crippen LogP contribution is 2.39. The molecule has 1 spiro atoms. The summed E-state index contributed by atoms with van der Waals surface area (Å²) in [5.74, 6) is 1.64. The third-order valence-electron chi connectivity index (χ3n) is 4.65. The van der Waals surface area contributed by atoms with Gasteiger partial charge in [-0.25, -0.2) is 9.97 Å². The summed E-state index contributed by atoms with van der Waals surface area (Å²) in [6, 6.07) is 0. The summed E-state index contributed by atoms with van der Waals surface area (Å²) in [6.07, 6.45) is 8.57. The number of fused-ring (bicyclic) bond motifs is 2. The van der Waals surface area contributed by atoms with Crippen molar-refractivity contribution in [3.8, 4) is 0 Å². The van der Waals surface area contributed by atoms with Crippen molar-refractivity contribution in [3.63, 3.8) is 0 Å². The zero-order valence-corrected chi connectivity index (χ0v) is 10.6. The topological polar surface area (TPSA) is 47.0 Å². The van der Waals surface area contributed by atoms with Gasteiger partial charge in [-0.3, -0.25) is 0 Å². The van der Waals surface area contributed by atoms with Gasteiger partial charge in [-0.05, 0) is 12.8 Å². The lowest BCUT2D eigenvalue weighted by Gasteiger charge is -2.38. The standard InChI is InChI=1S/C14H19N3O/c1-2-4-10(5-3-1)13-16-6-11-12(17-13)7-18-14(11)8-15-9-14/h6,10,15H,1-5,7-9H2. The number of hydrogen-bond donors (Lipinski definition) is 1. The average Bonchev–Trinajstić information content (AvgIpc) is 2.78. The average molecular weight is 245 g/mol. The van der Waals surface area contributed by atoms with Crippen molar-refractivity contribution in [3.05, 3.63) is 23.3 Å². The number of rotatable bonds is 1. The second-order valence-corrected chi connectivity index (χ2v) is 5.81. The molecule has 1 saturated carbocycles. The van der Waals surface area contributed by atoms with Crippen LogP contribution in [0.4, 0.5) is 0 Å². The van der Waals surface area contributed by atoms with Crippen molar-refractivity contribution in [1.29, 1.82) is 0 Å². The van der Waals surface area contributed by atoms with Gasteiger partial charge in [0.15, 0.2) is 0 Å². The summed E-state index contributed by atoms with van der Waals surface area (Å²) < 4.78 is 5.92. The minimum Gasteiger partial charge on any atom is -0.361 e. The van der Waals surface area contributed by atoms with Gasteiger partial charge < -0.3 is 10.1 Å². The second kappa shape index (κ2) is 4.00. The first-order valence-corrected chi connectivity index (χ1v) is 7.08. The van der Waals surface area contributed by atoms with Gasteiger partial charge in [0.25, 0.3) is 0 Å². The Bertz CT molecular complexity index is 464. The zero-order chi connectivity index (χ0) is 12.0. The van der Waals surface area contributed by atoms with E-state index < -0.39 is 0 Å². The molecule has 0 radical (unpaired) electrons. The molecule has 1 saturated heterocycles.